The molecule has 3 rings (SSSR count). The molecule has 0 radical (unpaired) electrons. The van der Waals surface area contributed by atoms with Gasteiger partial charge in [-0.15, -0.1) is 0 Å². The summed E-state index contributed by atoms with van der Waals surface area (Å²) >= 11 is 0. The van der Waals surface area contributed by atoms with Gasteiger partial charge in [-0.1, -0.05) is 30.3 Å². The van der Waals surface area contributed by atoms with Crippen LogP contribution in [-0.2, 0) is 6.42 Å². The van der Waals surface area contributed by atoms with Crippen LogP contribution in [0.4, 0.5) is 11.8 Å². The molecule has 0 unspecified atom stereocenters. The minimum Gasteiger partial charge on any atom is -0.383 e. The molecule has 100 valence electrons. The molecule has 0 atom stereocenters. The maximum atomic E-state index is 5.95. The Bertz CT molecular complexity index is 768. The van der Waals surface area contributed by atoms with Crippen LogP contribution in [-0.4, -0.2) is 15.0 Å². The molecule has 20 heavy (non-hydrogen) atoms. The van der Waals surface area contributed by atoms with Crippen molar-refractivity contribution in [2.24, 2.45) is 0 Å². The van der Waals surface area contributed by atoms with Crippen LogP contribution in [0.25, 0.3) is 11.0 Å². The normalized spacial score (nSPS) is 10.8. The fourth-order valence-electron chi connectivity index (χ4n) is 2.33. The van der Waals surface area contributed by atoms with E-state index in [1.165, 1.54) is 5.56 Å². The second-order valence-electron chi connectivity index (χ2n) is 4.74. The third-order valence-electron chi connectivity index (χ3n) is 3.37. The summed E-state index contributed by atoms with van der Waals surface area (Å²) in [7, 11) is 0. The Morgan fingerprint density at radius 1 is 1.05 bits per heavy atom. The first-order valence-electron chi connectivity index (χ1n) is 6.36. The Labute approximate surface area is 116 Å². The number of aromatic nitrogens is 3. The number of benzene rings is 1. The molecular weight excluding hydrogens is 250 g/mol. The van der Waals surface area contributed by atoms with E-state index in [0.29, 0.717) is 11.5 Å². The number of fused-ring (bicyclic) bond motifs is 1. The predicted molar refractivity (Wildman–Crippen MR) is 80.1 cm³/mol. The summed E-state index contributed by atoms with van der Waals surface area (Å²) in [5, 5.41) is 0.785. The van der Waals surface area contributed by atoms with Crippen molar-refractivity contribution in [3.05, 3.63) is 53.2 Å². The van der Waals surface area contributed by atoms with Gasteiger partial charge in [0.2, 0.25) is 5.95 Å². The summed E-state index contributed by atoms with van der Waals surface area (Å²) < 4.78 is 0. The first kappa shape index (κ1) is 12.3. The molecule has 0 saturated heterocycles. The number of nitrogens with two attached hydrogens (primary N) is 2. The van der Waals surface area contributed by atoms with Crippen LogP contribution in [0.3, 0.4) is 0 Å². The quantitative estimate of drug-likeness (QED) is 0.740. The Morgan fingerprint density at radius 3 is 2.55 bits per heavy atom. The van der Waals surface area contributed by atoms with E-state index in [1.54, 1.807) is 0 Å². The number of nitrogens with zero attached hydrogens (tertiary/aromatic N) is 3. The van der Waals surface area contributed by atoms with Gasteiger partial charge in [0.05, 0.1) is 5.39 Å². The molecule has 0 fully saturated rings. The smallest absolute Gasteiger partial charge is 0.224 e. The van der Waals surface area contributed by atoms with Crippen molar-refractivity contribution in [3.63, 3.8) is 0 Å². The van der Waals surface area contributed by atoms with E-state index in [-0.39, 0.29) is 5.95 Å². The molecule has 0 bridgehead atoms. The fourth-order valence-corrected chi connectivity index (χ4v) is 2.33. The summed E-state index contributed by atoms with van der Waals surface area (Å²) in [5.74, 6) is 0.533. The van der Waals surface area contributed by atoms with E-state index >= 15 is 0 Å². The Hall–Kier alpha value is -2.69. The standard InChI is InChI=1S/C15H15N5/c1-9-11(7-10-5-3-2-4-6-10)8-18-14-12(9)13(16)19-15(17)20-14/h2-6,8H,7H2,1H3,(H4,16,17,18,19,20). The number of hydrogen-bond acceptors (Lipinski definition) is 5. The molecular formula is C15H15N5. The average molecular weight is 265 g/mol. The molecule has 0 aliphatic rings. The Balaban J connectivity index is 2.12. The summed E-state index contributed by atoms with van der Waals surface area (Å²) in [6, 6.07) is 10.2. The minimum atomic E-state index is 0.151. The van der Waals surface area contributed by atoms with Crippen LogP contribution >= 0.6 is 0 Å². The van der Waals surface area contributed by atoms with Gasteiger partial charge in [0.1, 0.15) is 5.82 Å². The molecule has 0 saturated carbocycles. The molecule has 0 aliphatic carbocycles. The van der Waals surface area contributed by atoms with Crippen molar-refractivity contribution >= 4 is 22.8 Å². The third-order valence-corrected chi connectivity index (χ3v) is 3.37. The molecule has 4 N–H and O–H groups in total. The molecule has 5 heteroatoms. The molecule has 0 amide bonds. The van der Waals surface area contributed by atoms with E-state index in [9.17, 15) is 0 Å². The molecule has 5 nitrogen and oxygen atoms in total. The minimum absolute atomic E-state index is 0.151. The summed E-state index contributed by atoms with van der Waals surface area (Å²) in [5.41, 5.74) is 15.5. The monoisotopic (exact) mass is 265 g/mol. The third kappa shape index (κ3) is 2.14. The number of hydrogen-bond donors (Lipinski definition) is 2. The summed E-state index contributed by atoms with van der Waals surface area (Å²) in [6.07, 6.45) is 2.63. The zero-order valence-electron chi connectivity index (χ0n) is 11.2. The molecule has 3 aromatic rings. The van der Waals surface area contributed by atoms with Crippen LogP contribution in [0.2, 0.25) is 0 Å². The molecule has 0 spiro atoms. The highest BCUT2D eigenvalue weighted by molar-refractivity contribution is 5.90. The number of nitrogen functional groups attached to an aromatic ring is 2. The first-order valence-corrected chi connectivity index (χ1v) is 6.36. The van der Waals surface area contributed by atoms with Crippen molar-refractivity contribution in [2.75, 3.05) is 11.5 Å². The number of aryl methyl sites for hydroxylation is 1. The fraction of sp³-hybridized carbons (Fsp3) is 0.133. The lowest BCUT2D eigenvalue weighted by Crippen LogP contribution is -2.04. The van der Waals surface area contributed by atoms with Crippen molar-refractivity contribution in [1.82, 2.24) is 15.0 Å². The van der Waals surface area contributed by atoms with Crippen LogP contribution in [0.5, 0.6) is 0 Å². The number of anilines is 2. The van der Waals surface area contributed by atoms with E-state index < -0.39 is 0 Å². The van der Waals surface area contributed by atoms with E-state index in [2.05, 4.69) is 27.1 Å². The largest absolute Gasteiger partial charge is 0.383 e. The highest BCUT2D eigenvalue weighted by Gasteiger charge is 2.11. The Morgan fingerprint density at radius 2 is 1.80 bits per heavy atom. The lowest BCUT2D eigenvalue weighted by molar-refractivity contribution is 1.11. The first-order chi connectivity index (χ1) is 9.65. The predicted octanol–water partition coefficient (Wildman–Crippen LogP) is 2.09. The molecule has 2 heterocycles. The van der Waals surface area contributed by atoms with E-state index in [4.69, 9.17) is 11.5 Å². The lowest BCUT2D eigenvalue weighted by Gasteiger charge is -2.10. The van der Waals surface area contributed by atoms with Gasteiger partial charge in [-0.3, -0.25) is 0 Å². The second kappa shape index (κ2) is 4.77. The topological polar surface area (TPSA) is 90.7 Å². The maximum absolute atomic E-state index is 5.95. The highest BCUT2D eigenvalue weighted by Crippen LogP contribution is 2.25. The van der Waals surface area contributed by atoms with Gasteiger partial charge in [0, 0.05) is 6.20 Å². The van der Waals surface area contributed by atoms with Crippen molar-refractivity contribution in [3.8, 4) is 0 Å². The number of rotatable bonds is 2. The summed E-state index contributed by atoms with van der Waals surface area (Å²) in [4.78, 5) is 12.5. The molecule has 0 aliphatic heterocycles. The van der Waals surface area contributed by atoms with Gasteiger partial charge in [-0.2, -0.15) is 9.97 Å². The average Bonchev–Trinajstić information content (AvgIpc) is 2.42. The van der Waals surface area contributed by atoms with Gasteiger partial charge in [-0.05, 0) is 30.0 Å². The van der Waals surface area contributed by atoms with Gasteiger partial charge in [0.15, 0.2) is 5.65 Å². The molecule has 2 aromatic heterocycles. The zero-order valence-corrected chi connectivity index (χ0v) is 11.2. The van der Waals surface area contributed by atoms with Crippen LogP contribution < -0.4 is 11.5 Å². The van der Waals surface area contributed by atoms with E-state index in [1.807, 2.05) is 31.3 Å². The van der Waals surface area contributed by atoms with Crippen molar-refractivity contribution < 1.29 is 0 Å². The number of pyridine rings is 1. The van der Waals surface area contributed by atoms with Crippen LogP contribution in [0.15, 0.2) is 36.5 Å². The SMILES string of the molecule is Cc1c(Cc2ccccc2)cnc2nc(N)nc(N)c12. The van der Waals surface area contributed by atoms with Crippen molar-refractivity contribution in [1.29, 1.82) is 0 Å². The van der Waals surface area contributed by atoms with Crippen molar-refractivity contribution in [2.45, 2.75) is 13.3 Å². The highest BCUT2D eigenvalue weighted by atomic mass is 15.1. The van der Waals surface area contributed by atoms with Crippen LogP contribution in [0.1, 0.15) is 16.7 Å². The van der Waals surface area contributed by atoms with Gasteiger partial charge in [0.25, 0.3) is 0 Å². The second-order valence-corrected chi connectivity index (χ2v) is 4.74. The lowest BCUT2D eigenvalue weighted by atomic mass is 10.0. The van der Waals surface area contributed by atoms with E-state index in [0.717, 1.165) is 22.9 Å². The van der Waals surface area contributed by atoms with Gasteiger partial charge < -0.3 is 11.5 Å². The molecule has 1 aromatic carbocycles. The van der Waals surface area contributed by atoms with Gasteiger partial charge in [-0.25, -0.2) is 4.98 Å². The van der Waals surface area contributed by atoms with Crippen LogP contribution in [0, 0.1) is 6.92 Å². The Kier molecular flexibility index (Phi) is 2.95. The summed E-state index contributed by atoms with van der Waals surface area (Å²) in [6.45, 7) is 2.01. The zero-order chi connectivity index (χ0) is 14.1. The van der Waals surface area contributed by atoms with Gasteiger partial charge >= 0.3 is 0 Å². The maximum Gasteiger partial charge on any atom is 0.224 e.